The highest BCUT2D eigenvalue weighted by Gasteiger charge is 2.38. The molecule has 0 fully saturated rings. The second kappa shape index (κ2) is 11.3. The van der Waals surface area contributed by atoms with E-state index in [0.717, 1.165) is 38.1 Å². The van der Waals surface area contributed by atoms with E-state index in [0.29, 0.717) is 19.5 Å². The Hall–Kier alpha value is -3.72. The molecule has 1 atom stereocenters. The summed E-state index contributed by atoms with van der Waals surface area (Å²) < 4.78 is 30.2. The van der Waals surface area contributed by atoms with Crippen LogP contribution in [0.1, 0.15) is 27.9 Å². The maximum absolute atomic E-state index is 12.1. The molecule has 5 aromatic rings. The lowest BCUT2D eigenvalue weighted by atomic mass is 9.77. The summed E-state index contributed by atoms with van der Waals surface area (Å²) in [5.74, 6) is 0. The molecule has 1 aliphatic rings. The zero-order valence-corrected chi connectivity index (χ0v) is 25.1. The van der Waals surface area contributed by atoms with Crippen molar-refractivity contribution in [3.05, 3.63) is 154 Å². The second-order valence-electron chi connectivity index (χ2n) is 10.5. The minimum Gasteiger partial charge on any atom is -0.364 e. The van der Waals surface area contributed by atoms with Gasteiger partial charge in [0, 0.05) is 28.9 Å². The van der Waals surface area contributed by atoms with Gasteiger partial charge in [0.25, 0.3) is 0 Å². The molecule has 4 aromatic carbocycles. The maximum atomic E-state index is 12.1. The van der Waals surface area contributed by atoms with Gasteiger partial charge in [-0.05, 0) is 46.9 Å². The number of sulfonamides is 1. The number of benzene rings is 4. The van der Waals surface area contributed by atoms with Gasteiger partial charge in [-0.3, -0.25) is 0 Å². The molecule has 0 saturated carbocycles. The fourth-order valence-electron chi connectivity index (χ4n) is 6.06. The van der Waals surface area contributed by atoms with Crippen LogP contribution in [-0.2, 0) is 28.5 Å². The molecule has 8 heteroatoms. The summed E-state index contributed by atoms with van der Waals surface area (Å²) in [4.78, 5) is 7.13. The molecule has 0 bridgehead atoms. The molecule has 208 valence electrons. The summed E-state index contributed by atoms with van der Waals surface area (Å²) in [5.41, 5.74) is 5.84. The highest BCUT2D eigenvalue weighted by atomic mass is 79.9. The van der Waals surface area contributed by atoms with Crippen LogP contribution in [0.15, 0.2) is 126 Å². The fraction of sp³-hybridized carbons (Fsp3) is 0.182. The number of aromatic nitrogens is 2. The Morgan fingerprint density at radius 2 is 1.44 bits per heavy atom. The summed E-state index contributed by atoms with van der Waals surface area (Å²) in [6.07, 6.45) is 5.89. The zero-order chi connectivity index (χ0) is 28.5. The van der Waals surface area contributed by atoms with Gasteiger partial charge in [-0.1, -0.05) is 107 Å². The van der Waals surface area contributed by atoms with Crippen LogP contribution in [0.3, 0.4) is 0 Å². The Morgan fingerprint density at radius 3 is 1.98 bits per heavy atom. The molecular weight excluding hydrogens is 596 g/mol. The number of halogens is 1. The molecular formula is C33H31BrN4O2S. The summed E-state index contributed by atoms with van der Waals surface area (Å²) in [6, 6.07) is 37.5. The average Bonchev–Trinajstić information content (AvgIpc) is 3.43. The van der Waals surface area contributed by atoms with Gasteiger partial charge >= 0.3 is 0 Å². The number of imidazole rings is 1. The molecule has 1 aliphatic heterocycles. The van der Waals surface area contributed by atoms with E-state index in [-0.39, 0.29) is 6.04 Å². The smallest absolute Gasteiger partial charge is 0.209 e. The van der Waals surface area contributed by atoms with Gasteiger partial charge in [0.2, 0.25) is 10.0 Å². The standard InChI is InChI=1S/C33H31BrN4O2S/c1-41(39,40)36-30-20-25-19-29(34)17-18-32(25)37(21-30)22-31-23-38(24-35-31)33(26-11-5-2-6-12-26,27-13-7-3-8-14-27)28-15-9-4-10-16-28/h2-19,23-24,30,36H,20-22H2,1H3. The largest absolute Gasteiger partial charge is 0.364 e. The topological polar surface area (TPSA) is 67.2 Å². The van der Waals surface area contributed by atoms with E-state index in [1.807, 2.05) is 30.6 Å². The number of nitrogens with one attached hydrogen (secondary N) is 1. The molecule has 1 aromatic heterocycles. The van der Waals surface area contributed by atoms with Gasteiger partial charge in [-0.2, -0.15) is 0 Å². The van der Waals surface area contributed by atoms with Crippen molar-refractivity contribution in [2.45, 2.75) is 24.5 Å². The zero-order valence-electron chi connectivity index (χ0n) is 22.7. The van der Waals surface area contributed by atoms with Gasteiger partial charge in [-0.15, -0.1) is 0 Å². The molecule has 2 heterocycles. The number of anilines is 1. The van der Waals surface area contributed by atoms with E-state index in [1.54, 1.807) is 0 Å². The quantitative estimate of drug-likeness (QED) is 0.216. The molecule has 1 N–H and O–H groups in total. The molecule has 6 nitrogen and oxygen atoms in total. The molecule has 6 rings (SSSR count). The Balaban J connectivity index is 1.44. The van der Waals surface area contributed by atoms with Crippen LogP contribution in [0.25, 0.3) is 0 Å². The third-order valence-corrected chi connectivity index (χ3v) is 8.88. The molecule has 41 heavy (non-hydrogen) atoms. The van der Waals surface area contributed by atoms with E-state index in [9.17, 15) is 8.42 Å². The minimum absolute atomic E-state index is 0.231. The number of fused-ring (bicyclic) bond motifs is 1. The Morgan fingerprint density at radius 1 is 0.878 bits per heavy atom. The normalized spacial score (nSPS) is 15.5. The summed E-state index contributed by atoms with van der Waals surface area (Å²) in [5, 5.41) is 0. The highest BCUT2D eigenvalue weighted by Crippen LogP contribution is 2.41. The van der Waals surface area contributed by atoms with Crippen molar-refractivity contribution >= 4 is 31.6 Å². The molecule has 0 aliphatic carbocycles. The lowest BCUT2D eigenvalue weighted by Crippen LogP contribution is -2.47. The molecule has 0 amide bonds. The van der Waals surface area contributed by atoms with Crippen molar-refractivity contribution in [3.63, 3.8) is 0 Å². The van der Waals surface area contributed by atoms with E-state index in [2.05, 4.69) is 121 Å². The lowest BCUT2D eigenvalue weighted by Gasteiger charge is -2.37. The predicted molar refractivity (Wildman–Crippen MR) is 167 cm³/mol. The first kappa shape index (κ1) is 27.4. The van der Waals surface area contributed by atoms with Crippen molar-refractivity contribution in [1.29, 1.82) is 0 Å². The molecule has 1 unspecified atom stereocenters. The van der Waals surface area contributed by atoms with E-state index in [4.69, 9.17) is 4.98 Å². The lowest BCUT2D eigenvalue weighted by molar-refractivity contribution is 0.513. The van der Waals surface area contributed by atoms with Crippen LogP contribution < -0.4 is 9.62 Å². The van der Waals surface area contributed by atoms with Gasteiger partial charge in [0.05, 0.1) is 24.8 Å². The first-order valence-electron chi connectivity index (χ1n) is 13.5. The van der Waals surface area contributed by atoms with Crippen LogP contribution in [0, 0.1) is 0 Å². The number of rotatable bonds is 8. The van der Waals surface area contributed by atoms with Crippen molar-refractivity contribution in [1.82, 2.24) is 14.3 Å². The molecule has 0 saturated heterocycles. The third kappa shape index (κ3) is 5.60. The van der Waals surface area contributed by atoms with Crippen molar-refractivity contribution < 1.29 is 8.42 Å². The van der Waals surface area contributed by atoms with Gasteiger partial charge < -0.3 is 9.47 Å². The first-order valence-corrected chi connectivity index (χ1v) is 16.2. The average molecular weight is 628 g/mol. The minimum atomic E-state index is -3.35. The van der Waals surface area contributed by atoms with E-state index in [1.165, 1.54) is 6.26 Å². The van der Waals surface area contributed by atoms with E-state index >= 15 is 0 Å². The predicted octanol–water partition coefficient (Wildman–Crippen LogP) is 5.97. The van der Waals surface area contributed by atoms with Crippen LogP contribution in [0.4, 0.5) is 5.69 Å². The summed E-state index contributed by atoms with van der Waals surface area (Å²) >= 11 is 3.58. The van der Waals surface area contributed by atoms with Crippen LogP contribution in [0.5, 0.6) is 0 Å². The number of hydrogen-bond donors (Lipinski definition) is 1. The maximum Gasteiger partial charge on any atom is 0.209 e. The molecule has 0 spiro atoms. The van der Waals surface area contributed by atoms with Gasteiger partial charge in [0.1, 0.15) is 5.54 Å². The second-order valence-corrected chi connectivity index (χ2v) is 13.2. The third-order valence-electron chi connectivity index (χ3n) is 7.62. The van der Waals surface area contributed by atoms with Gasteiger partial charge in [-0.25, -0.2) is 18.1 Å². The Bertz CT molecular complexity index is 1650. The van der Waals surface area contributed by atoms with Crippen LogP contribution in [0.2, 0.25) is 0 Å². The monoisotopic (exact) mass is 626 g/mol. The molecule has 0 radical (unpaired) electrons. The Labute approximate surface area is 249 Å². The summed E-state index contributed by atoms with van der Waals surface area (Å²) in [7, 11) is -3.35. The van der Waals surface area contributed by atoms with Crippen molar-refractivity contribution in [2.24, 2.45) is 0 Å². The van der Waals surface area contributed by atoms with Crippen LogP contribution in [-0.4, -0.2) is 36.8 Å². The van der Waals surface area contributed by atoms with Crippen molar-refractivity contribution in [3.8, 4) is 0 Å². The fourth-order valence-corrected chi connectivity index (χ4v) is 7.23. The summed E-state index contributed by atoms with van der Waals surface area (Å²) in [6.45, 7) is 1.09. The van der Waals surface area contributed by atoms with E-state index < -0.39 is 15.6 Å². The Kier molecular flexibility index (Phi) is 7.55. The van der Waals surface area contributed by atoms with Crippen molar-refractivity contribution in [2.75, 3.05) is 17.7 Å². The highest BCUT2D eigenvalue weighted by molar-refractivity contribution is 9.10. The number of nitrogens with zero attached hydrogens (tertiary/aromatic N) is 3. The number of hydrogen-bond acceptors (Lipinski definition) is 4. The SMILES string of the molecule is CS(=O)(=O)NC1Cc2cc(Br)ccc2N(Cc2cn(C(c3ccccc3)(c3ccccc3)c3ccccc3)cn2)C1. The first-order chi connectivity index (χ1) is 19.8. The van der Waals surface area contributed by atoms with Crippen LogP contribution >= 0.6 is 15.9 Å². The van der Waals surface area contributed by atoms with Gasteiger partial charge in [0.15, 0.2) is 0 Å².